The summed E-state index contributed by atoms with van der Waals surface area (Å²) in [6.07, 6.45) is 1.62. The van der Waals surface area contributed by atoms with Crippen LogP contribution in [0.25, 0.3) is 22.2 Å². The quantitative estimate of drug-likeness (QED) is 0.706. The minimum Gasteiger partial charge on any atom is -0.354 e. The highest BCUT2D eigenvalue weighted by molar-refractivity contribution is 6.16. The highest BCUT2D eigenvalue weighted by atomic mass is 19.1. The Bertz CT molecular complexity index is 894. The molecule has 0 unspecified atom stereocenters. The Hall–Kier alpha value is -2.95. The number of benzene rings is 2. The highest BCUT2D eigenvalue weighted by Crippen LogP contribution is 2.32. The van der Waals surface area contributed by atoms with Crippen molar-refractivity contribution in [3.05, 3.63) is 59.4 Å². The van der Waals surface area contributed by atoms with Crippen molar-refractivity contribution in [3.63, 3.8) is 0 Å². The molecule has 5 heteroatoms. The molecule has 0 fully saturated rings. The van der Waals surface area contributed by atoms with E-state index in [1.54, 1.807) is 24.4 Å². The third kappa shape index (κ3) is 1.74. The number of nitrogens with zero attached hydrogens (tertiary/aromatic N) is 1. The van der Waals surface area contributed by atoms with Crippen molar-refractivity contribution in [1.82, 2.24) is 10.4 Å². The number of H-pyrrole nitrogens is 1. The summed E-state index contributed by atoms with van der Waals surface area (Å²) in [6, 6.07) is 11.7. The number of nitrogens with one attached hydrogen (secondary N) is 2. The van der Waals surface area contributed by atoms with Crippen LogP contribution < -0.4 is 5.43 Å². The summed E-state index contributed by atoms with van der Waals surface area (Å²) < 4.78 is 13.1. The third-order valence-corrected chi connectivity index (χ3v) is 3.60. The fourth-order valence-corrected chi connectivity index (χ4v) is 2.65. The van der Waals surface area contributed by atoms with Gasteiger partial charge < -0.3 is 4.98 Å². The van der Waals surface area contributed by atoms with Crippen LogP contribution in [-0.4, -0.2) is 17.1 Å². The van der Waals surface area contributed by atoms with E-state index in [9.17, 15) is 9.18 Å². The molecule has 4 rings (SSSR count). The first kappa shape index (κ1) is 11.8. The van der Waals surface area contributed by atoms with Gasteiger partial charge in [-0.15, -0.1) is 0 Å². The fraction of sp³-hybridized carbons (Fsp3) is 0. The van der Waals surface area contributed by atoms with Crippen LogP contribution in [-0.2, 0) is 0 Å². The van der Waals surface area contributed by atoms with Crippen LogP contribution in [0.2, 0.25) is 0 Å². The lowest BCUT2D eigenvalue weighted by Crippen LogP contribution is -2.16. The zero-order valence-corrected chi connectivity index (χ0v) is 10.9. The van der Waals surface area contributed by atoms with Crippen molar-refractivity contribution in [1.29, 1.82) is 0 Å². The maximum absolute atomic E-state index is 13.1. The molecule has 102 valence electrons. The summed E-state index contributed by atoms with van der Waals surface area (Å²) >= 11 is 0. The Kier molecular flexibility index (Phi) is 2.41. The molecule has 1 aliphatic rings. The number of amides is 1. The number of aromatic nitrogens is 1. The van der Waals surface area contributed by atoms with E-state index in [4.69, 9.17) is 0 Å². The standard InChI is InChI=1S/C16H10FN3O/c17-10-6-4-9(5-7-10)15-12-8-18-20-16(21)11-2-1-3-13(19-15)14(11)12/h1-8,19H,(H,20,21). The second-order valence-electron chi connectivity index (χ2n) is 4.85. The third-order valence-electron chi connectivity index (χ3n) is 3.60. The largest absolute Gasteiger partial charge is 0.354 e. The van der Waals surface area contributed by atoms with E-state index in [1.165, 1.54) is 12.1 Å². The molecule has 0 saturated carbocycles. The summed E-state index contributed by atoms with van der Waals surface area (Å²) in [7, 11) is 0. The predicted octanol–water partition coefficient (Wildman–Crippen LogP) is 3.05. The van der Waals surface area contributed by atoms with Gasteiger partial charge in [0, 0.05) is 16.5 Å². The van der Waals surface area contributed by atoms with E-state index in [0.29, 0.717) is 5.56 Å². The molecule has 21 heavy (non-hydrogen) atoms. The number of carbonyl (C=O) groups is 1. The molecular weight excluding hydrogens is 269 g/mol. The molecule has 2 N–H and O–H groups in total. The number of halogens is 1. The lowest BCUT2D eigenvalue weighted by atomic mass is 10.0. The summed E-state index contributed by atoms with van der Waals surface area (Å²) in [5.41, 5.74) is 6.39. The van der Waals surface area contributed by atoms with Crippen LogP contribution in [0.4, 0.5) is 4.39 Å². The SMILES string of the molecule is O=C1NN=Cc2c(-c3ccc(F)cc3)[nH]c3cccc1c23. The monoisotopic (exact) mass is 279 g/mol. The Labute approximate surface area is 119 Å². The number of aromatic amines is 1. The van der Waals surface area contributed by atoms with Gasteiger partial charge in [-0.05, 0) is 42.0 Å². The van der Waals surface area contributed by atoms with Gasteiger partial charge in [-0.25, -0.2) is 9.82 Å². The topological polar surface area (TPSA) is 57.2 Å². The molecule has 4 nitrogen and oxygen atoms in total. The van der Waals surface area contributed by atoms with Gasteiger partial charge in [0.25, 0.3) is 5.91 Å². The minimum absolute atomic E-state index is 0.236. The molecule has 1 aliphatic heterocycles. The van der Waals surface area contributed by atoms with Gasteiger partial charge in [-0.2, -0.15) is 5.10 Å². The van der Waals surface area contributed by atoms with Crippen LogP contribution in [0.1, 0.15) is 15.9 Å². The van der Waals surface area contributed by atoms with Crippen molar-refractivity contribution in [3.8, 4) is 11.3 Å². The average molecular weight is 279 g/mol. The highest BCUT2D eigenvalue weighted by Gasteiger charge is 2.20. The van der Waals surface area contributed by atoms with E-state index in [2.05, 4.69) is 15.5 Å². The van der Waals surface area contributed by atoms with Crippen LogP contribution in [0.5, 0.6) is 0 Å². The summed E-state index contributed by atoms with van der Waals surface area (Å²) in [5, 5.41) is 4.78. The van der Waals surface area contributed by atoms with Crippen molar-refractivity contribution in [2.75, 3.05) is 0 Å². The van der Waals surface area contributed by atoms with Gasteiger partial charge in [0.1, 0.15) is 5.82 Å². The molecule has 1 aromatic heterocycles. The molecule has 0 spiro atoms. The maximum Gasteiger partial charge on any atom is 0.272 e. The zero-order chi connectivity index (χ0) is 14.4. The first-order chi connectivity index (χ1) is 10.2. The molecule has 0 aliphatic carbocycles. The van der Waals surface area contributed by atoms with Crippen molar-refractivity contribution in [2.45, 2.75) is 0 Å². The minimum atomic E-state index is -0.285. The molecule has 2 aromatic carbocycles. The lowest BCUT2D eigenvalue weighted by Gasteiger charge is -2.00. The Morgan fingerprint density at radius 1 is 1.05 bits per heavy atom. The van der Waals surface area contributed by atoms with Crippen molar-refractivity contribution < 1.29 is 9.18 Å². The van der Waals surface area contributed by atoms with Gasteiger partial charge >= 0.3 is 0 Å². The summed E-state index contributed by atoms with van der Waals surface area (Å²) in [6.45, 7) is 0. The summed E-state index contributed by atoms with van der Waals surface area (Å²) in [4.78, 5) is 15.3. The Morgan fingerprint density at radius 2 is 1.86 bits per heavy atom. The molecule has 0 radical (unpaired) electrons. The van der Waals surface area contributed by atoms with Gasteiger partial charge in [0.2, 0.25) is 0 Å². The number of hydrogen-bond donors (Lipinski definition) is 2. The van der Waals surface area contributed by atoms with Crippen LogP contribution >= 0.6 is 0 Å². The van der Waals surface area contributed by atoms with E-state index >= 15 is 0 Å². The molecule has 0 bridgehead atoms. The molecule has 2 heterocycles. The van der Waals surface area contributed by atoms with E-state index < -0.39 is 0 Å². The van der Waals surface area contributed by atoms with Crippen molar-refractivity contribution >= 4 is 23.0 Å². The van der Waals surface area contributed by atoms with Crippen LogP contribution in [0.3, 0.4) is 0 Å². The molecule has 0 atom stereocenters. The number of hydrazone groups is 1. The molecule has 0 saturated heterocycles. The van der Waals surface area contributed by atoms with Crippen LogP contribution in [0, 0.1) is 5.82 Å². The van der Waals surface area contributed by atoms with E-state index in [-0.39, 0.29) is 11.7 Å². The summed E-state index contributed by atoms with van der Waals surface area (Å²) in [5.74, 6) is -0.521. The molecule has 3 aromatic rings. The van der Waals surface area contributed by atoms with Crippen LogP contribution in [0.15, 0.2) is 47.6 Å². The van der Waals surface area contributed by atoms with E-state index in [1.807, 2.05) is 12.1 Å². The smallest absolute Gasteiger partial charge is 0.272 e. The molecular formula is C16H10FN3O. The number of rotatable bonds is 1. The van der Waals surface area contributed by atoms with E-state index in [0.717, 1.165) is 27.7 Å². The Morgan fingerprint density at radius 3 is 2.67 bits per heavy atom. The average Bonchev–Trinajstić information content (AvgIpc) is 2.77. The maximum atomic E-state index is 13.1. The van der Waals surface area contributed by atoms with Gasteiger partial charge in [-0.3, -0.25) is 4.79 Å². The lowest BCUT2D eigenvalue weighted by molar-refractivity contribution is 0.0957. The second-order valence-corrected chi connectivity index (χ2v) is 4.85. The number of hydrogen-bond acceptors (Lipinski definition) is 2. The fourth-order valence-electron chi connectivity index (χ4n) is 2.65. The zero-order valence-electron chi connectivity index (χ0n) is 10.9. The first-order valence-corrected chi connectivity index (χ1v) is 6.48. The Balaban J connectivity index is 2.06. The second kappa shape index (κ2) is 4.28. The first-order valence-electron chi connectivity index (χ1n) is 6.48. The van der Waals surface area contributed by atoms with Gasteiger partial charge in [0.15, 0.2) is 0 Å². The molecule has 1 amide bonds. The normalized spacial score (nSPS) is 13.3. The predicted molar refractivity (Wildman–Crippen MR) is 78.8 cm³/mol. The van der Waals surface area contributed by atoms with Gasteiger partial charge in [0.05, 0.1) is 17.5 Å². The van der Waals surface area contributed by atoms with Gasteiger partial charge in [-0.1, -0.05) is 6.07 Å². The van der Waals surface area contributed by atoms with Crippen molar-refractivity contribution in [2.24, 2.45) is 5.10 Å². The number of carbonyl (C=O) groups excluding carboxylic acids is 1.